The minimum atomic E-state index is -1.40. The van der Waals surface area contributed by atoms with Gasteiger partial charge in [-0.15, -0.1) is 11.3 Å². The minimum Gasteiger partial charge on any atom is -0.394 e. The Morgan fingerprint density at radius 2 is 1.79 bits per heavy atom. The fourth-order valence-corrected chi connectivity index (χ4v) is 2.62. The molecule has 1 amide bonds. The molecule has 0 bridgehead atoms. The van der Waals surface area contributed by atoms with Crippen LogP contribution in [0.2, 0.25) is 0 Å². The Hall–Kier alpha value is -1.47. The van der Waals surface area contributed by atoms with Gasteiger partial charge in [0.05, 0.1) is 24.7 Å². The van der Waals surface area contributed by atoms with E-state index in [9.17, 15) is 20.1 Å². The van der Waals surface area contributed by atoms with Gasteiger partial charge in [-0.3, -0.25) is 4.79 Å². The summed E-state index contributed by atoms with van der Waals surface area (Å²) in [5.74, 6) is -0.418. The Labute approximate surface area is 114 Å². The molecule has 6 heteroatoms. The van der Waals surface area contributed by atoms with E-state index in [0.29, 0.717) is 4.88 Å². The van der Waals surface area contributed by atoms with Crippen LogP contribution in [0.5, 0.6) is 0 Å². The summed E-state index contributed by atoms with van der Waals surface area (Å²) in [6.07, 6.45) is 0. The van der Waals surface area contributed by atoms with E-state index >= 15 is 0 Å². The molecule has 0 fully saturated rings. The maximum atomic E-state index is 12.1. The van der Waals surface area contributed by atoms with Crippen molar-refractivity contribution < 1.29 is 20.1 Å². The van der Waals surface area contributed by atoms with Crippen LogP contribution in [0.25, 0.3) is 10.1 Å². The van der Waals surface area contributed by atoms with E-state index in [1.54, 1.807) is 6.07 Å². The second kappa shape index (κ2) is 5.66. The van der Waals surface area contributed by atoms with E-state index in [2.05, 4.69) is 5.32 Å². The number of carbonyl (C=O) groups excluding carboxylic acids is 1. The van der Waals surface area contributed by atoms with Gasteiger partial charge in [0.25, 0.3) is 5.91 Å². The lowest BCUT2D eigenvalue weighted by molar-refractivity contribution is 0.0377. The summed E-state index contributed by atoms with van der Waals surface area (Å²) in [5, 5.41) is 31.0. The molecule has 5 nitrogen and oxygen atoms in total. The summed E-state index contributed by atoms with van der Waals surface area (Å²) in [4.78, 5) is 12.5. The number of amides is 1. The first-order valence-corrected chi connectivity index (χ1v) is 6.59. The Balaban J connectivity index is 2.24. The lowest BCUT2D eigenvalue weighted by atomic mass is 10.0. The first-order valence-electron chi connectivity index (χ1n) is 5.78. The van der Waals surface area contributed by atoms with Gasteiger partial charge in [0.1, 0.15) is 5.54 Å². The van der Waals surface area contributed by atoms with Crippen molar-refractivity contribution >= 4 is 27.3 Å². The van der Waals surface area contributed by atoms with Gasteiger partial charge in [-0.05, 0) is 17.5 Å². The van der Waals surface area contributed by atoms with Crippen LogP contribution in [0.4, 0.5) is 0 Å². The number of aliphatic hydroxyl groups excluding tert-OH is 3. The lowest BCUT2D eigenvalue weighted by Crippen LogP contribution is -2.56. The second-order valence-corrected chi connectivity index (χ2v) is 5.44. The highest BCUT2D eigenvalue weighted by molar-refractivity contribution is 7.20. The fraction of sp³-hybridized carbons (Fsp3) is 0.308. The summed E-state index contributed by atoms with van der Waals surface area (Å²) < 4.78 is 0.982. The molecule has 0 spiro atoms. The number of fused-ring (bicyclic) bond motifs is 1. The first kappa shape index (κ1) is 14.0. The van der Waals surface area contributed by atoms with Crippen molar-refractivity contribution in [2.45, 2.75) is 5.54 Å². The van der Waals surface area contributed by atoms with Gasteiger partial charge in [0.2, 0.25) is 0 Å². The van der Waals surface area contributed by atoms with Crippen molar-refractivity contribution in [2.24, 2.45) is 0 Å². The molecule has 19 heavy (non-hydrogen) atoms. The van der Waals surface area contributed by atoms with E-state index in [1.165, 1.54) is 11.3 Å². The Bertz CT molecular complexity index is 536. The van der Waals surface area contributed by atoms with Crippen LogP contribution in [-0.2, 0) is 0 Å². The third-order valence-corrected chi connectivity index (χ3v) is 4.05. The van der Waals surface area contributed by atoms with Crippen LogP contribution in [0.3, 0.4) is 0 Å². The number of nitrogens with one attached hydrogen (secondary N) is 1. The molecular weight excluding hydrogens is 266 g/mol. The number of aliphatic hydroxyl groups is 3. The highest BCUT2D eigenvalue weighted by Crippen LogP contribution is 2.25. The molecule has 0 unspecified atom stereocenters. The molecule has 0 saturated carbocycles. The molecule has 2 aromatic rings. The van der Waals surface area contributed by atoms with Crippen LogP contribution in [0.1, 0.15) is 9.67 Å². The molecule has 4 N–H and O–H groups in total. The number of carbonyl (C=O) groups is 1. The third-order valence-electron chi connectivity index (χ3n) is 2.94. The number of rotatable bonds is 5. The molecule has 1 aromatic carbocycles. The van der Waals surface area contributed by atoms with Gasteiger partial charge in [-0.2, -0.15) is 0 Å². The normalized spacial score (nSPS) is 11.7. The van der Waals surface area contributed by atoms with Gasteiger partial charge in [-0.1, -0.05) is 18.2 Å². The molecule has 0 atom stereocenters. The van der Waals surface area contributed by atoms with E-state index in [4.69, 9.17) is 0 Å². The van der Waals surface area contributed by atoms with E-state index < -0.39 is 31.3 Å². The second-order valence-electron chi connectivity index (χ2n) is 4.36. The summed E-state index contributed by atoms with van der Waals surface area (Å²) in [5.41, 5.74) is -1.40. The van der Waals surface area contributed by atoms with Crippen LogP contribution in [-0.4, -0.2) is 46.6 Å². The van der Waals surface area contributed by atoms with Crippen LogP contribution < -0.4 is 5.32 Å². The van der Waals surface area contributed by atoms with Gasteiger partial charge in [-0.25, -0.2) is 0 Å². The van der Waals surface area contributed by atoms with Gasteiger partial charge in [0.15, 0.2) is 0 Å². The standard InChI is InChI=1S/C13H15NO4S/c15-6-13(7-16,8-17)14-12(18)11-5-9-3-1-2-4-10(9)19-11/h1-5,15-17H,6-8H2,(H,14,18). The highest BCUT2D eigenvalue weighted by Gasteiger charge is 2.30. The molecule has 0 aliphatic carbocycles. The van der Waals surface area contributed by atoms with Gasteiger partial charge in [0, 0.05) is 4.70 Å². The SMILES string of the molecule is O=C(NC(CO)(CO)CO)c1cc2ccccc2s1. The van der Waals surface area contributed by atoms with Crippen molar-refractivity contribution in [1.82, 2.24) is 5.32 Å². The maximum absolute atomic E-state index is 12.1. The molecule has 0 aliphatic rings. The molecular formula is C13H15NO4S. The lowest BCUT2D eigenvalue weighted by Gasteiger charge is -2.28. The molecule has 0 radical (unpaired) electrons. The van der Waals surface area contributed by atoms with E-state index in [1.807, 2.05) is 24.3 Å². The zero-order valence-corrected chi connectivity index (χ0v) is 11.0. The van der Waals surface area contributed by atoms with Gasteiger partial charge >= 0.3 is 0 Å². The summed E-state index contributed by atoms with van der Waals surface area (Å²) in [6.45, 7) is -1.59. The average Bonchev–Trinajstić information content (AvgIpc) is 2.89. The smallest absolute Gasteiger partial charge is 0.262 e. The van der Waals surface area contributed by atoms with Crippen molar-refractivity contribution in [3.8, 4) is 0 Å². The zero-order valence-electron chi connectivity index (χ0n) is 10.2. The summed E-state index contributed by atoms with van der Waals surface area (Å²) >= 11 is 1.32. The average molecular weight is 281 g/mol. The van der Waals surface area contributed by atoms with Crippen molar-refractivity contribution in [3.63, 3.8) is 0 Å². The molecule has 102 valence electrons. The van der Waals surface area contributed by atoms with Crippen molar-refractivity contribution in [1.29, 1.82) is 0 Å². The van der Waals surface area contributed by atoms with E-state index in [0.717, 1.165) is 10.1 Å². The first-order chi connectivity index (χ1) is 9.14. The maximum Gasteiger partial charge on any atom is 0.262 e. The van der Waals surface area contributed by atoms with Crippen molar-refractivity contribution in [3.05, 3.63) is 35.2 Å². The van der Waals surface area contributed by atoms with Crippen LogP contribution in [0.15, 0.2) is 30.3 Å². The molecule has 1 aromatic heterocycles. The number of thiophene rings is 1. The number of hydrogen-bond donors (Lipinski definition) is 4. The number of benzene rings is 1. The minimum absolute atomic E-state index is 0.418. The molecule has 0 saturated heterocycles. The Morgan fingerprint density at radius 3 is 2.37 bits per heavy atom. The molecule has 0 aliphatic heterocycles. The third kappa shape index (κ3) is 2.76. The summed E-state index contributed by atoms with van der Waals surface area (Å²) in [6, 6.07) is 9.33. The summed E-state index contributed by atoms with van der Waals surface area (Å²) in [7, 11) is 0. The highest BCUT2D eigenvalue weighted by atomic mass is 32.1. The quantitative estimate of drug-likeness (QED) is 0.636. The Morgan fingerprint density at radius 1 is 1.16 bits per heavy atom. The predicted molar refractivity (Wildman–Crippen MR) is 73.3 cm³/mol. The number of hydrogen-bond acceptors (Lipinski definition) is 5. The molecule has 1 heterocycles. The zero-order chi connectivity index (χ0) is 13.9. The van der Waals surface area contributed by atoms with Crippen molar-refractivity contribution in [2.75, 3.05) is 19.8 Å². The van der Waals surface area contributed by atoms with Gasteiger partial charge < -0.3 is 20.6 Å². The largest absolute Gasteiger partial charge is 0.394 e. The monoisotopic (exact) mass is 281 g/mol. The topological polar surface area (TPSA) is 89.8 Å². The molecule has 2 rings (SSSR count). The predicted octanol–water partition coefficient (Wildman–Crippen LogP) is 0.347. The van der Waals surface area contributed by atoms with Crippen LogP contribution in [0, 0.1) is 0 Å². The Kier molecular flexibility index (Phi) is 4.16. The van der Waals surface area contributed by atoms with Crippen LogP contribution >= 0.6 is 11.3 Å². The van der Waals surface area contributed by atoms with E-state index in [-0.39, 0.29) is 0 Å². The fourth-order valence-electron chi connectivity index (χ4n) is 1.66.